The summed E-state index contributed by atoms with van der Waals surface area (Å²) in [7, 11) is 0. The molecule has 1 heterocycles. The number of amidine groups is 1. The topological polar surface area (TPSA) is 97.3 Å². The minimum atomic E-state index is -0.742. The number of ether oxygens (including phenoxy) is 2. The highest BCUT2D eigenvalue weighted by atomic mass is 127. The maximum Gasteiger partial charge on any atom is 0.285 e. The lowest BCUT2D eigenvalue weighted by Gasteiger charge is -2.28. The van der Waals surface area contributed by atoms with Crippen LogP contribution in [0.25, 0.3) is 6.08 Å². The van der Waals surface area contributed by atoms with Crippen molar-refractivity contribution in [1.82, 2.24) is 10.2 Å². The van der Waals surface area contributed by atoms with E-state index in [1.165, 1.54) is 23.1 Å². The lowest BCUT2D eigenvalue weighted by atomic mass is 9.99. The molecular formula is C42H37FIN3O5S. The van der Waals surface area contributed by atoms with E-state index in [4.69, 9.17) is 9.47 Å². The first-order valence-electron chi connectivity index (χ1n) is 16.7. The van der Waals surface area contributed by atoms with E-state index in [0.717, 1.165) is 28.5 Å². The Hall–Kier alpha value is -5.27. The zero-order chi connectivity index (χ0) is 37.7. The normalized spacial score (nSPS) is 14.1. The Morgan fingerprint density at radius 1 is 1.00 bits per heavy atom. The molecule has 0 bridgehead atoms. The molecule has 0 spiro atoms. The van der Waals surface area contributed by atoms with Crippen LogP contribution in [0.1, 0.15) is 42.1 Å². The van der Waals surface area contributed by atoms with Crippen molar-refractivity contribution in [2.45, 2.75) is 26.5 Å². The van der Waals surface area contributed by atoms with Gasteiger partial charge < -0.3 is 14.8 Å². The molecule has 11 heteroatoms. The van der Waals surface area contributed by atoms with E-state index in [1.54, 1.807) is 55.5 Å². The third-order valence-corrected chi connectivity index (χ3v) is 9.59. The second-order valence-corrected chi connectivity index (χ2v) is 13.6. The van der Waals surface area contributed by atoms with E-state index < -0.39 is 17.9 Å². The Balaban J connectivity index is 1.42. The predicted molar refractivity (Wildman–Crippen MR) is 217 cm³/mol. The molecule has 0 unspecified atom stereocenters. The largest absolute Gasteiger partial charge is 0.490 e. The molecule has 270 valence electrons. The van der Waals surface area contributed by atoms with Crippen LogP contribution >= 0.6 is 34.4 Å². The van der Waals surface area contributed by atoms with Crippen molar-refractivity contribution in [3.63, 3.8) is 0 Å². The molecule has 0 saturated carbocycles. The van der Waals surface area contributed by atoms with Gasteiger partial charge in [-0.2, -0.15) is 4.99 Å². The quantitative estimate of drug-likeness (QED) is 0.0591. The van der Waals surface area contributed by atoms with Gasteiger partial charge in [0.15, 0.2) is 16.7 Å². The van der Waals surface area contributed by atoms with Crippen molar-refractivity contribution in [1.29, 1.82) is 0 Å². The molecule has 0 saturated heterocycles. The summed E-state index contributed by atoms with van der Waals surface area (Å²) in [6, 6.07) is 28.3. The van der Waals surface area contributed by atoms with Gasteiger partial charge in [-0.05, 0) is 95.1 Å². The summed E-state index contributed by atoms with van der Waals surface area (Å²) in [5, 5.41) is 3.17. The van der Waals surface area contributed by atoms with Crippen LogP contribution in [0.3, 0.4) is 0 Å². The van der Waals surface area contributed by atoms with Crippen molar-refractivity contribution in [3.8, 4) is 11.5 Å². The Kier molecular flexibility index (Phi) is 14.0. The number of halogens is 2. The minimum absolute atomic E-state index is 0.0687. The summed E-state index contributed by atoms with van der Waals surface area (Å²) in [5.41, 5.74) is 3.39. The second-order valence-electron chi connectivity index (χ2n) is 11.5. The molecule has 0 fully saturated rings. The molecule has 1 N–H and O–H groups in total. The SMILES string of the molecule is C=C/C=C\C(=C/C)N1C(=O)/C(=C/c2cc(I)c(OCc3ccc(F)cc3)c(OCC)c2)C(=O)N=C1SCC(=O)NC(c1ccccc1)c1ccccc1. The molecule has 0 aliphatic carbocycles. The van der Waals surface area contributed by atoms with Crippen molar-refractivity contribution in [2.24, 2.45) is 4.99 Å². The molecule has 5 rings (SSSR count). The summed E-state index contributed by atoms with van der Waals surface area (Å²) in [6.07, 6.45) is 8.10. The Labute approximate surface area is 326 Å². The van der Waals surface area contributed by atoms with Crippen LogP contribution in [0.4, 0.5) is 4.39 Å². The highest BCUT2D eigenvalue weighted by molar-refractivity contribution is 14.1. The molecule has 1 aliphatic heterocycles. The van der Waals surface area contributed by atoms with Crippen LogP contribution in [0.15, 0.2) is 144 Å². The average molecular weight is 842 g/mol. The van der Waals surface area contributed by atoms with Crippen LogP contribution in [0.5, 0.6) is 11.5 Å². The Bertz CT molecular complexity index is 2040. The van der Waals surface area contributed by atoms with Crippen LogP contribution in [-0.2, 0) is 21.0 Å². The summed E-state index contributed by atoms with van der Waals surface area (Å²) >= 11 is 3.10. The zero-order valence-electron chi connectivity index (χ0n) is 29.1. The number of benzene rings is 4. The maximum absolute atomic E-state index is 14.2. The highest BCUT2D eigenvalue weighted by Gasteiger charge is 2.35. The number of hydrogen-bond acceptors (Lipinski definition) is 6. The number of nitrogens with zero attached hydrogens (tertiary/aromatic N) is 2. The molecular weight excluding hydrogens is 804 g/mol. The number of aliphatic imine (C=N–C) groups is 1. The lowest BCUT2D eigenvalue weighted by molar-refractivity contribution is -0.126. The fourth-order valence-corrected chi connectivity index (χ4v) is 6.96. The fourth-order valence-electron chi connectivity index (χ4n) is 5.37. The van der Waals surface area contributed by atoms with Crippen molar-refractivity contribution in [2.75, 3.05) is 12.4 Å². The zero-order valence-corrected chi connectivity index (χ0v) is 32.1. The molecule has 4 aromatic carbocycles. The smallest absolute Gasteiger partial charge is 0.285 e. The van der Waals surface area contributed by atoms with E-state index in [0.29, 0.717) is 32.9 Å². The van der Waals surface area contributed by atoms with Gasteiger partial charge in [-0.15, -0.1) is 0 Å². The highest BCUT2D eigenvalue weighted by Crippen LogP contribution is 2.36. The van der Waals surface area contributed by atoms with E-state index >= 15 is 0 Å². The van der Waals surface area contributed by atoms with E-state index in [-0.39, 0.29) is 34.8 Å². The standard InChI is InChI=1S/C42H37FIN3O5S/c1-4-7-18-33(5-2)47-41(50)34(23-29-24-35(44)39(36(25-29)51-6-3)52-26-28-19-21-32(43)22-20-28)40(49)46-42(47)53-27-37(48)45-38(30-14-10-8-11-15-30)31-16-12-9-13-17-31/h4-5,7-25,38H,1,6,26-27H2,2-3H3,(H,45,48)/b18-7-,33-5+,34-23+. The van der Waals surface area contributed by atoms with Crippen LogP contribution in [0.2, 0.25) is 0 Å². The van der Waals surface area contributed by atoms with Crippen LogP contribution in [0, 0.1) is 9.39 Å². The fraction of sp³-hybridized carbons (Fsp3) is 0.143. The Morgan fingerprint density at radius 3 is 2.26 bits per heavy atom. The number of nitrogens with one attached hydrogen (secondary N) is 1. The first kappa shape index (κ1) is 38.9. The summed E-state index contributed by atoms with van der Waals surface area (Å²) < 4.78 is 26.0. The minimum Gasteiger partial charge on any atom is -0.490 e. The number of hydrogen-bond donors (Lipinski definition) is 1. The molecule has 4 aromatic rings. The van der Waals surface area contributed by atoms with Crippen molar-refractivity contribution in [3.05, 3.63) is 171 Å². The first-order chi connectivity index (χ1) is 25.7. The lowest BCUT2D eigenvalue weighted by Crippen LogP contribution is -2.42. The summed E-state index contributed by atoms with van der Waals surface area (Å²) in [6.45, 7) is 7.85. The molecule has 0 atom stereocenters. The molecule has 0 aromatic heterocycles. The third-order valence-electron chi connectivity index (χ3n) is 7.85. The van der Waals surface area contributed by atoms with E-state index in [9.17, 15) is 18.8 Å². The molecule has 8 nitrogen and oxygen atoms in total. The second kappa shape index (κ2) is 19.0. The van der Waals surface area contributed by atoms with Gasteiger partial charge in [-0.1, -0.05) is 109 Å². The first-order valence-corrected chi connectivity index (χ1v) is 18.8. The van der Waals surface area contributed by atoms with Crippen molar-refractivity contribution >= 4 is 63.3 Å². The van der Waals surface area contributed by atoms with Gasteiger partial charge in [0.25, 0.3) is 11.8 Å². The van der Waals surface area contributed by atoms with Crippen LogP contribution in [-0.4, -0.2) is 40.1 Å². The average Bonchev–Trinajstić information content (AvgIpc) is 3.16. The molecule has 3 amide bonds. The van der Waals surface area contributed by atoms with Gasteiger partial charge in [0.05, 0.1) is 22.0 Å². The van der Waals surface area contributed by atoms with Gasteiger partial charge in [0.1, 0.15) is 18.0 Å². The monoisotopic (exact) mass is 841 g/mol. The number of rotatable bonds is 14. The van der Waals surface area contributed by atoms with E-state index in [1.807, 2.05) is 67.6 Å². The van der Waals surface area contributed by atoms with Crippen LogP contribution < -0.4 is 14.8 Å². The number of amides is 3. The Morgan fingerprint density at radius 2 is 1.66 bits per heavy atom. The van der Waals surface area contributed by atoms with Crippen molar-refractivity contribution < 1.29 is 28.2 Å². The predicted octanol–water partition coefficient (Wildman–Crippen LogP) is 8.80. The molecule has 0 radical (unpaired) electrons. The maximum atomic E-state index is 14.2. The van der Waals surface area contributed by atoms with Gasteiger partial charge in [-0.3, -0.25) is 19.3 Å². The molecule has 1 aliphatic rings. The van der Waals surface area contributed by atoms with Gasteiger partial charge >= 0.3 is 0 Å². The number of carbonyl (C=O) groups is 3. The number of allylic oxidation sites excluding steroid dienone is 4. The molecule has 53 heavy (non-hydrogen) atoms. The third kappa shape index (κ3) is 10.2. The number of thioether (sulfide) groups is 1. The summed E-state index contributed by atoms with van der Waals surface area (Å²) in [4.78, 5) is 46.9. The van der Waals surface area contributed by atoms with Gasteiger partial charge in [-0.25, -0.2) is 4.39 Å². The van der Waals surface area contributed by atoms with E-state index in [2.05, 4.69) is 39.5 Å². The van der Waals surface area contributed by atoms with Gasteiger partial charge in [0.2, 0.25) is 5.91 Å². The van der Waals surface area contributed by atoms with Gasteiger partial charge in [0, 0.05) is 5.70 Å². The number of carbonyl (C=O) groups excluding carboxylic acids is 3. The summed E-state index contributed by atoms with van der Waals surface area (Å²) in [5.74, 6) is -1.21.